The summed E-state index contributed by atoms with van der Waals surface area (Å²) in [4.78, 5) is 11.0. The summed E-state index contributed by atoms with van der Waals surface area (Å²) in [5, 5.41) is 17.8. The first kappa shape index (κ1) is 13.6. The second kappa shape index (κ2) is 5.85. The largest absolute Gasteiger partial charge is 0.488 e. The molecule has 1 N–H and O–H groups in total. The van der Waals surface area contributed by atoms with Crippen molar-refractivity contribution in [1.82, 2.24) is 0 Å². The fourth-order valence-electron chi connectivity index (χ4n) is 1.68. The van der Waals surface area contributed by atoms with Gasteiger partial charge in [-0.25, -0.2) is 9.18 Å². The van der Waals surface area contributed by atoms with E-state index in [1.807, 2.05) is 6.07 Å². The van der Waals surface area contributed by atoms with Gasteiger partial charge in [0.15, 0.2) is 0 Å². The Kier molecular flexibility index (Phi) is 3.96. The number of halogens is 1. The van der Waals surface area contributed by atoms with Crippen LogP contribution in [0.1, 0.15) is 21.5 Å². The summed E-state index contributed by atoms with van der Waals surface area (Å²) in [7, 11) is 0. The lowest BCUT2D eigenvalue weighted by atomic mass is 10.1. The van der Waals surface area contributed by atoms with Gasteiger partial charge in [-0.1, -0.05) is 12.1 Å². The van der Waals surface area contributed by atoms with Crippen LogP contribution in [0.25, 0.3) is 0 Å². The van der Waals surface area contributed by atoms with Crippen LogP contribution in [0.2, 0.25) is 0 Å². The predicted molar refractivity (Wildman–Crippen MR) is 68.8 cm³/mol. The van der Waals surface area contributed by atoms with E-state index in [4.69, 9.17) is 15.1 Å². The van der Waals surface area contributed by atoms with Crippen molar-refractivity contribution in [3.05, 3.63) is 65.0 Å². The van der Waals surface area contributed by atoms with Crippen LogP contribution in [0, 0.1) is 17.1 Å². The molecule has 0 fully saturated rings. The van der Waals surface area contributed by atoms with Gasteiger partial charge >= 0.3 is 5.97 Å². The number of aromatic carboxylic acids is 1. The Hall–Kier alpha value is -2.87. The number of hydrogen-bond acceptors (Lipinski definition) is 3. The normalized spacial score (nSPS) is 9.80. The standard InChI is InChI=1S/C15H10FNO3/c16-13-6-5-10(8-17)7-11(13)9-20-14-4-2-1-3-12(14)15(18)19/h1-7H,9H2,(H,18,19). The quantitative estimate of drug-likeness (QED) is 0.928. The summed E-state index contributed by atoms with van der Waals surface area (Å²) >= 11 is 0. The number of nitrogens with zero attached hydrogens (tertiary/aromatic N) is 1. The maximum absolute atomic E-state index is 13.6. The Morgan fingerprint density at radius 1 is 1.30 bits per heavy atom. The van der Waals surface area contributed by atoms with Crippen LogP contribution in [-0.2, 0) is 6.61 Å². The van der Waals surface area contributed by atoms with Crippen LogP contribution in [0.15, 0.2) is 42.5 Å². The molecule has 100 valence electrons. The summed E-state index contributed by atoms with van der Waals surface area (Å²) in [6.07, 6.45) is 0. The Labute approximate surface area is 114 Å². The fraction of sp³-hybridized carbons (Fsp3) is 0.0667. The van der Waals surface area contributed by atoms with Crippen molar-refractivity contribution in [3.8, 4) is 11.8 Å². The van der Waals surface area contributed by atoms with E-state index in [-0.39, 0.29) is 23.5 Å². The molecule has 2 aromatic carbocycles. The van der Waals surface area contributed by atoms with Gasteiger partial charge in [-0.3, -0.25) is 0 Å². The Morgan fingerprint density at radius 3 is 2.75 bits per heavy atom. The van der Waals surface area contributed by atoms with Crippen LogP contribution in [0.3, 0.4) is 0 Å². The highest BCUT2D eigenvalue weighted by molar-refractivity contribution is 5.90. The highest BCUT2D eigenvalue weighted by Crippen LogP contribution is 2.20. The fourth-order valence-corrected chi connectivity index (χ4v) is 1.68. The monoisotopic (exact) mass is 271 g/mol. The average Bonchev–Trinajstić information content (AvgIpc) is 2.46. The van der Waals surface area contributed by atoms with E-state index in [2.05, 4.69) is 0 Å². The van der Waals surface area contributed by atoms with Crippen molar-refractivity contribution in [2.75, 3.05) is 0 Å². The second-order valence-corrected chi connectivity index (χ2v) is 4.01. The van der Waals surface area contributed by atoms with Crippen LogP contribution < -0.4 is 4.74 Å². The Morgan fingerprint density at radius 2 is 2.05 bits per heavy atom. The SMILES string of the molecule is N#Cc1ccc(F)c(COc2ccccc2C(=O)O)c1. The van der Waals surface area contributed by atoms with Gasteiger partial charge in [0.2, 0.25) is 0 Å². The number of carbonyl (C=O) groups is 1. The molecule has 0 aliphatic heterocycles. The van der Waals surface area contributed by atoms with Gasteiger partial charge in [-0.05, 0) is 30.3 Å². The van der Waals surface area contributed by atoms with Crippen molar-refractivity contribution in [2.45, 2.75) is 6.61 Å². The molecule has 0 amide bonds. The molecule has 0 heterocycles. The summed E-state index contributed by atoms with van der Waals surface area (Å²) < 4.78 is 18.9. The first-order valence-electron chi connectivity index (χ1n) is 5.75. The number of carboxylic acid groups (broad SMARTS) is 1. The molecule has 0 aromatic heterocycles. The van der Waals surface area contributed by atoms with Crippen molar-refractivity contribution in [3.63, 3.8) is 0 Å². The van der Waals surface area contributed by atoms with Crippen molar-refractivity contribution < 1.29 is 19.0 Å². The van der Waals surface area contributed by atoms with Gasteiger partial charge in [0.25, 0.3) is 0 Å². The summed E-state index contributed by atoms with van der Waals surface area (Å²) in [6.45, 7) is -0.147. The van der Waals surface area contributed by atoms with Gasteiger partial charge in [0.1, 0.15) is 23.7 Å². The predicted octanol–water partition coefficient (Wildman–Crippen LogP) is 2.97. The maximum atomic E-state index is 13.6. The Bertz CT molecular complexity index is 692. The van der Waals surface area contributed by atoms with E-state index in [1.165, 1.54) is 30.3 Å². The third kappa shape index (κ3) is 2.93. The van der Waals surface area contributed by atoms with E-state index in [0.717, 1.165) is 0 Å². The van der Waals surface area contributed by atoms with Crippen LogP contribution in [0.4, 0.5) is 4.39 Å². The molecule has 5 heteroatoms. The third-order valence-corrected chi connectivity index (χ3v) is 2.68. The number of hydrogen-bond donors (Lipinski definition) is 1. The topological polar surface area (TPSA) is 70.3 Å². The smallest absolute Gasteiger partial charge is 0.339 e. The van der Waals surface area contributed by atoms with E-state index < -0.39 is 11.8 Å². The van der Waals surface area contributed by atoms with Crippen LogP contribution in [-0.4, -0.2) is 11.1 Å². The lowest BCUT2D eigenvalue weighted by molar-refractivity contribution is 0.0691. The highest BCUT2D eigenvalue weighted by Gasteiger charge is 2.11. The minimum Gasteiger partial charge on any atom is -0.488 e. The molecular weight excluding hydrogens is 261 g/mol. The Balaban J connectivity index is 2.21. The number of nitriles is 1. The number of para-hydroxylation sites is 1. The maximum Gasteiger partial charge on any atom is 0.339 e. The van der Waals surface area contributed by atoms with Crippen molar-refractivity contribution in [1.29, 1.82) is 5.26 Å². The molecule has 0 spiro atoms. The lowest BCUT2D eigenvalue weighted by Gasteiger charge is -2.09. The first-order valence-corrected chi connectivity index (χ1v) is 5.75. The first-order chi connectivity index (χ1) is 9.61. The molecule has 20 heavy (non-hydrogen) atoms. The van der Waals surface area contributed by atoms with E-state index in [1.54, 1.807) is 12.1 Å². The number of rotatable bonds is 4. The van der Waals surface area contributed by atoms with Gasteiger partial charge in [-0.15, -0.1) is 0 Å². The van der Waals surface area contributed by atoms with Gasteiger partial charge in [0.05, 0.1) is 11.6 Å². The molecule has 0 aliphatic carbocycles. The average molecular weight is 271 g/mol. The molecule has 4 nitrogen and oxygen atoms in total. The summed E-state index contributed by atoms with van der Waals surface area (Å²) in [5.41, 5.74) is 0.519. The molecule has 0 radical (unpaired) electrons. The van der Waals surface area contributed by atoms with E-state index in [9.17, 15) is 9.18 Å². The molecule has 0 bridgehead atoms. The second-order valence-electron chi connectivity index (χ2n) is 4.01. The van der Waals surface area contributed by atoms with Crippen LogP contribution >= 0.6 is 0 Å². The molecule has 0 aliphatic rings. The van der Waals surface area contributed by atoms with E-state index in [0.29, 0.717) is 5.56 Å². The van der Waals surface area contributed by atoms with E-state index >= 15 is 0 Å². The summed E-state index contributed by atoms with van der Waals surface area (Å²) in [5.74, 6) is -1.47. The molecule has 0 unspecified atom stereocenters. The summed E-state index contributed by atoms with van der Waals surface area (Å²) in [6, 6.07) is 11.9. The van der Waals surface area contributed by atoms with Crippen LogP contribution in [0.5, 0.6) is 5.75 Å². The third-order valence-electron chi connectivity index (χ3n) is 2.68. The molecule has 2 rings (SSSR count). The zero-order chi connectivity index (χ0) is 14.5. The van der Waals surface area contributed by atoms with Crippen molar-refractivity contribution >= 4 is 5.97 Å². The molecular formula is C15H10FNO3. The number of benzene rings is 2. The van der Waals surface area contributed by atoms with Crippen molar-refractivity contribution in [2.24, 2.45) is 0 Å². The minimum atomic E-state index is -1.12. The highest BCUT2D eigenvalue weighted by atomic mass is 19.1. The van der Waals surface area contributed by atoms with Gasteiger partial charge < -0.3 is 9.84 Å². The molecule has 2 aromatic rings. The number of carboxylic acids is 1. The van der Waals surface area contributed by atoms with Gasteiger partial charge in [0, 0.05) is 5.56 Å². The van der Waals surface area contributed by atoms with Gasteiger partial charge in [-0.2, -0.15) is 5.26 Å². The lowest BCUT2D eigenvalue weighted by Crippen LogP contribution is -2.04. The number of ether oxygens (including phenoxy) is 1. The minimum absolute atomic E-state index is 0.00402. The molecule has 0 saturated heterocycles. The molecule has 0 saturated carbocycles. The molecule has 0 atom stereocenters. The zero-order valence-corrected chi connectivity index (χ0v) is 10.3. The zero-order valence-electron chi connectivity index (χ0n) is 10.3.